The van der Waals surface area contributed by atoms with E-state index in [1.165, 1.54) is 89.9 Å². The highest BCUT2D eigenvalue weighted by Gasteiger charge is 1.96. The van der Waals surface area contributed by atoms with Gasteiger partial charge in [-0.1, -0.05) is 96.8 Å². The van der Waals surface area contributed by atoms with Gasteiger partial charge in [0.1, 0.15) is 0 Å². The minimum absolute atomic E-state index is 0. The molecule has 0 bridgehead atoms. The maximum Gasteiger partial charge on any atom is 0.217 e. The number of carbonyl (C=O) groups excluding carboxylic acids is 1. The van der Waals surface area contributed by atoms with Gasteiger partial charge in [-0.3, -0.25) is 4.79 Å². The summed E-state index contributed by atoms with van der Waals surface area (Å²) in [5, 5.41) is 0. The number of carbonyl (C=O) groups is 1. The second-order valence-electron chi connectivity index (χ2n) is 6.17. The molecule has 0 rings (SSSR count). The standard InChI is InChI=1S/C18H37NO.Mg/c1-2-3-4-5-6-7-8-9-10-11-12-13-14-15-16-17-18(19)20;/h2-17H2,1H3,(H2,19,20);. The molecular formula is C18H37MgNO. The Morgan fingerprint density at radius 3 is 1.19 bits per heavy atom. The lowest BCUT2D eigenvalue weighted by Crippen LogP contribution is -2.09. The van der Waals surface area contributed by atoms with Crippen molar-refractivity contribution in [1.29, 1.82) is 0 Å². The zero-order chi connectivity index (χ0) is 14.9. The first kappa shape index (κ1) is 23.5. The van der Waals surface area contributed by atoms with Gasteiger partial charge >= 0.3 is 0 Å². The van der Waals surface area contributed by atoms with E-state index in [1.54, 1.807) is 0 Å². The molecule has 0 aliphatic heterocycles. The van der Waals surface area contributed by atoms with E-state index >= 15 is 0 Å². The lowest BCUT2D eigenvalue weighted by Gasteiger charge is -2.03. The van der Waals surface area contributed by atoms with Crippen molar-refractivity contribution in [1.82, 2.24) is 0 Å². The summed E-state index contributed by atoms with van der Waals surface area (Å²) in [4.78, 5) is 10.6. The van der Waals surface area contributed by atoms with Crippen LogP contribution in [0, 0.1) is 0 Å². The average Bonchev–Trinajstić information content (AvgIpc) is 2.43. The fourth-order valence-electron chi connectivity index (χ4n) is 2.67. The van der Waals surface area contributed by atoms with Gasteiger partial charge in [-0.05, 0) is 6.42 Å². The monoisotopic (exact) mass is 307 g/mol. The highest BCUT2D eigenvalue weighted by Crippen LogP contribution is 2.13. The number of hydrogen-bond donors (Lipinski definition) is 1. The van der Waals surface area contributed by atoms with Crippen LogP contribution in [0.2, 0.25) is 0 Å². The van der Waals surface area contributed by atoms with E-state index < -0.39 is 0 Å². The van der Waals surface area contributed by atoms with Crippen molar-refractivity contribution in [3.8, 4) is 0 Å². The van der Waals surface area contributed by atoms with Crippen LogP contribution in [-0.2, 0) is 4.79 Å². The maximum absolute atomic E-state index is 10.6. The number of rotatable bonds is 16. The Kier molecular flexibility index (Phi) is 22.6. The molecule has 122 valence electrons. The highest BCUT2D eigenvalue weighted by atomic mass is 24.3. The Labute approximate surface area is 149 Å². The SMILES string of the molecule is CCCCCCCCCCCCCCCCCC(N)=O.[Mg]. The van der Waals surface area contributed by atoms with Gasteiger partial charge in [-0.25, -0.2) is 0 Å². The normalized spacial score (nSPS) is 10.3. The van der Waals surface area contributed by atoms with Crippen LogP contribution in [0.25, 0.3) is 0 Å². The average molecular weight is 308 g/mol. The number of nitrogens with two attached hydrogens (primary N) is 1. The quantitative estimate of drug-likeness (QED) is 0.303. The summed E-state index contributed by atoms with van der Waals surface area (Å²) in [7, 11) is 0. The van der Waals surface area contributed by atoms with Crippen LogP contribution >= 0.6 is 0 Å². The maximum atomic E-state index is 10.6. The minimum atomic E-state index is -0.153. The molecular weight excluding hydrogens is 271 g/mol. The highest BCUT2D eigenvalue weighted by molar-refractivity contribution is 5.75. The lowest BCUT2D eigenvalue weighted by molar-refractivity contribution is -0.118. The summed E-state index contributed by atoms with van der Waals surface area (Å²) in [5.74, 6) is -0.153. The first-order valence-corrected chi connectivity index (χ1v) is 9.05. The zero-order valence-electron chi connectivity index (χ0n) is 14.5. The van der Waals surface area contributed by atoms with E-state index in [0.29, 0.717) is 6.42 Å². The van der Waals surface area contributed by atoms with Gasteiger partial charge in [0.05, 0.1) is 0 Å². The molecule has 2 N–H and O–H groups in total. The van der Waals surface area contributed by atoms with Gasteiger partial charge in [-0.15, -0.1) is 0 Å². The fourth-order valence-corrected chi connectivity index (χ4v) is 2.67. The third kappa shape index (κ3) is 22.7. The van der Waals surface area contributed by atoms with Crippen molar-refractivity contribution in [2.75, 3.05) is 0 Å². The zero-order valence-corrected chi connectivity index (χ0v) is 15.9. The molecule has 2 nitrogen and oxygen atoms in total. The molecule has 0 aromatic rings. The molecule has 0 heterocycles. The molecule has 0 saturated carbocycles. The van der Waals surface area contributed by atoms with Crippen molar-refractivity contribution in [2.24, 2.45) is 5.73 Å². The molecule has 0 aliphatic carbocycles. The van der Waals surface area contributed by atoms with E-state index in [2.05, 4.69) is 6.92 Å². The molecule has 0 aromatic carbocycles. The molecule has 1 amide bonds. The van der Waals surface area contributed by atoms with Crippen molar-refractivity contribution < 1.29 is 4.79 Å². The number of amides is 1. The molecule has 0 atom stereocenters. The van der Waals surface area contributed by atoms with Crippen LogP contribution in [0.5, 0.6) is 0 Å². The summed E-state index contributed by atoms with van der Waals surface area (Å²) >= 11 is 0. The van der Waals surface area contributed by atoms with Gasteiger partial charge < -0.3 is 5.73 Å². The first-order valence-electron chi connectivity index (χ1n) is 9.05. The van der Waals surface area contributed by atoms with Gasteiger partial charge in [0.15, 0.2) is 0 Å². The van der Waals surface area contributed by atoms with Crippen molar-refractivity contribution in [3.63, 3.8) is 0 Å². The predicted octanol–water partition coefficient (Wildman–Crippen LogP) is 5.35. The Morgan fingerprint density at radius 2 is 0.905 bits per heavy atom. The van der Waals surface area contributed by atoms with Gasteiger partial charge in [0, 0.05) is 29.5 Å². The van der Waals surface area contributed by atoms with Crippen LogP contribution in [0.4, 0.5) is 0 Å². The summed E-state index contributed by atoms with van der Waals surface area (Å²) < 4.78 is 0. The molecule has 0 aromatic heterocycles. The van der Waals surface area contributed by atoms with Crippen LogP contribution < -0.4 is 5.73 Å². The third-order valence-electron chi connectivity index (χ3n) is 4.03. The fraction of sp³-hybridized carbons (Fsp3) is 0.944. The van der Waals surface area contributed by atoms with E-state index in [0.717, 1.165) is 6.42 Å². The first-order chi connectivity index (χ1) is 9.77. The van der Waals surface area contributed by atoms with Gasteiger partial charge in [0.25, 0.3) is 0 Å². The van der Waals surface area contributed by atoms with E-state index in [-0.39, 0.29) is 29.0 Å². The van der Waals surface area contributed by atoms with Crippen LogP contribution in [-0.4, -0.2) is 29.0 Å². The number of hydrogen-bond acceptors (Lipinski definition) is 1. The molecule has 0 aliphatic rings. The van der Waals surface area contributed by atoms with Crippen LogP contribution in [0.15, 0.2) is 0 Å². The van der Waals surface area contributed by atoms with E-state index in [9.17, 15) is 4.79 Å². The second-order valence-corrected chi connectivity index (χ2v) is 6.17. The Balaban J connectivity index is 0. The Hall–Kier alpha value is 0.236. The number of unbranched alkanes of at least 4 members (excludes halogenated alkanes) is 14. The topological polar surface area (TPSA) is 43.1 Å². The second kappa shape index (κ2) is 20.2. The smallest absolute Gasteiger partial charge is 0.217 e. The summed E-state index contributed by atoms with van der Waals surface area (Å²) in [6, 6.07) is 0. The molecule has 3 heteroatoms. The molecule has 21 heavy (non-hydrogen) atoms. The lowest BCUT2D eigenvalue weighted by atomic mass is 10.0. The molecule has 2 radical (unpaired) electrons. The van der Waals surface area contributed by atoms with Crippen molar-refractivity contribution in [3.05, 3.63) is 0 Å². The summed E-state index contributed by atoms with van der Waals surface area (Å²) in [5.41, 5.74) is 5.11. The Bertz CT molecular complexity index is 209. The summed E-state index contributed by atoms with van der Waals surface area (Å²) in [6.45, 7) is 2.28. The van der Waals surface area contributed by atoms with Crippen molar-refractivity contribution in [2.45, 2.75) is 110 Å². The predicted molar refractivity (Wildman–Crippen MR) is 94.5 cm³/mol. The number of primary amides is 1. The molecule has 0 unspecified atom stereocenters. The Morgan fingerprint density at radius 1 is 0.619 bits per heavy atom. The minimum Gasteiger partial charge on any atom is -0.370 e. The molecule has 0 saturated heterocycles. The van der Waals surface area contributed by atoms with E-state index in [1.807, 2.05) is 0 Å². The third-order valence-corrected chi connectivity index (χ3v) is 4.03. The largest absolute Gasteiger partial charge is 0.370 e. The van der Waals surface area contributed by atoms with Crippen molar-refractivity contribution >= 4 is 29.0 Å². The summed E-state index contributed by atoms with van der Waals surface area (Å²) in [6.07, 6.45) is 20.9. The van der Waals surface area contributed by atoms with Gasteiger partial charge in [-0.2, -0.15) is 0 Å². The van der Waals surface area contributed by atoms with Crippen LogP contribution in [0.3, 0.4) is 0 Å². The van der Waals surface area contributed by atoms with E-state index in [4.69, 9.17) is 5.73 Å². The van der Waals surface area contributed by atoms with Crippen LogP contribution in [0.1, 0.15) is 110 Å². The van der Waals surface area contributed by atoms with Gasteiger partial charge in [0.2, 0.25) is 5.91 Å². The molecule has 0 spiro atoms. The molecule has 0 fully saturated rings.